The van der Waals surface area contributed by atoms with E-state index in [1.54, 1.807) is 11.3 Å². The molecular weight excluding hydrogens is 182 g/mol. The first-order valence-electron chi connectivity index (χ1n) is 4.61. The Labute approximate surface area is 82.6 Å². The number of nitrogens with two attached hydrogens (primary N) is 1. The second kappa shape index (κ2) is 3.27. The first-order chi connectivity index (χ1) is 6.18. The number of aryl methyl sites for hydroxylation is 1. The van der Waals surface area contributed by atoms with Crippen LogP contribution in [0.4, 0.5) is 5.13 Å². The van der Waals surface area contributed by atoms with Crippen molar-refractivity contribution in [1.82, 2.24) is 4.98 Å². The van der Waals surface area contributed by atoms with E-state index in [4.69, 9.17) is 5.73 Å². The van der Waals surface area contributed by atoms with Crippen molar-refractivity contribution < 1.29 is 0 Å². The van der Waals surface area contributed by atoms with Crippen molar-refractivity contribution in [3.05, 3.63) is 10.6 Å². The minimum Gasteiger partial charge on any atom is -0.354 e. The van der Waals surface area contributed by atoms with E-state index in [9.17, 15) is 0 Å². The highest BCUT2D eigenvalue weighted by Crippen LogP contribution is 2.34. The van der Waals surface area contributed by atoms with E-state index in [1.165, 1.54) is 11.3 Å². The molecule has 2 N–H and O–H groups in total. The molecule has 1 heterocycles. The molecule has 1 aliphatic carbocycles. The maximum atomic E-state index is 5.99. The number of anilines is 1. The predicted octanol–water partition coefficient (Wildman–Crippen LogP) is 1.55. The molecule has 1 aromatic heterocycles. The predicted molar refractivity (Wildman–Crippen MR) is 56.3 cm³/mol. The summed E-state index contributed by atoms with van der Waals surface area (Å²) in [4.78, 5) is 7.99. The molecule has 2 rings (SSSR count). The van der Waals surface area contributed by atoms with E-state index >= 15 is 0 Å². The Morgan fingerprint density at radius 1 is 1.54 bits per heavy atom. The van der Waals surface area contributed by atoms with Gasteiger partial charge in [0.25, 0.3) is 0 Å². The summed E-state index contributed by atoms with van der Waals surface area (Å²) in [6, 6.07) is 0.175. The highest BCUT2D eigenvalue weighted by atomic mass is 32.1. The number of nitrogens with zero attached hydrogens (tertiary/aromatic N) is 2. The van der Waals surface area contributed by atoms with Gasteiger partial charge < -0.3 is 10.6 Å². The molecule has 0 bridgehead atoms. The Balaban J connectivity index is 2.36. The van der Waals surface area contributed by atoms with Crippen LogP contribution in [0.25, 0.3) is 0 Å². The van der Waals surface area contributed by atoms with Crippen LogP contribution in [-0.4, -0.2) is 19.1 Å². The van der Waals surface area contributed by atoms with E-state index < -0.39 is 0 Å². The molecule has 3 nitrogen and oxygen atoms in total. The van der Waals surface area contributed by atoms with Gasteiger partial charge >= 0.3 is 0 Å². The minimum atomic E-state index is 0.175. The van der Waals surface area contributed by atoms with Crippen molar-refractivity contribution in [1.29, 1.82) is 0 Å². The second-order valence-corrected chi connectivity index (χ2v) is 4.76. The molecule has 0 aromatic carbocycles. The van der Waals surface area contributed by atoms with Gasteiger partial charge in [-0.15, -0.1) is 11.3 Å². The number of aromatic nitrogens is 1. The summed E-state index contributed by atoms with van der Waals surface area (Å²) >= 11 is 1.78. The number of hydrogen-bond donors (Lipinski definition) is 1. The van der Waals surface area contributed by atoms with Gasteiger partial charge in [0, 0.05) is 25.0 Å². The van der Waals surface area contributed by atoms with Crippen molar-refractivity contribution in [2.45, 2.75) is 25.3 Å². The summed E-state index contributed by atoms with van der Waals surface area (Å²) in [5, 5.41) is 1.09. The van der Waals surface area contributed by atoms with Gasteiger partial charge in [-0.1, -0.05) is 0 Å². The molecule has 1 unspecified atom stereocenters. The third kappa shape index (κ3) is 1.56. The average molecular weight is 197 g/mol. The summed E-state index contributed by atoms with van der Waals surface area (Å²) in [7, 11) is 4.05. The van der Waals surface area contributed by atoms with Crippen LogP contribution in [0, 0.1) is 0 Å². The lowest BCUT2D eigenvalue weighted by Gasteiger charge is -2.15. The molecule has 0 radical (unpaired) electrons. The van der Waals surface area contributed by atoms with Gasteiger partial charge in [-0.3, -0.25) is 0 Å². The van der Waals surface area contributed by atoms with E-state index in [0.717, 1.165) is 23.7 Å². The van der Waals surface area contributed by atoms with Crippen LogP contribution in [0.1, 0.15) is 29.5 Å². The molecule has 0 saturated heterocycles. The molecule has 72 valence electrons. The zero-order valence-electron chi connectivity index (χ0n) is 8.08. The van der Waals surface area contributed by atoms with Gasteiger partial charge in [0.2, 0.25) is 0 Å². The van der Waals surface area contributed by atoms with Crippen LogP contribution < -0.4 is 10.6 Å². The molecule has 13 heavy (non-hydrogen) atoms. The van der Waals surface area contributed by atoms with Gasteiger partial charge in [-0.2, -0.15) is 0 Å². The normalized spacial score (nSPS) is 21.3. The number of hydrogen-bond acceptors (Lipinski definition) is 4. The standard InChI is InChI=1S/C9H15N3S/c1-12(2)9-11-8-6(10)4-3-5-7(8)13-9/h6H,3-5,10H2,1-2H3. The number of thiazole rings is 1. The van der Waals surface area contributed by atoms with Crippen molar-refractivity contribution >= 4 is 16.5 Å². The first-order valence-corrected chi connectivity index (χ1v) is 5.42. The third-order valence-corrected chi connectivity index (χ3v) is 3.67. The fourth-order valence-electron chi connectivity index (χ4n) is 1.63. The zero-order chi connectivity index (χ0) is 9.42. The van der Waals surface area contributed by atoms with Crippen LogP contribution in [0.2, 0.25) is 0 Å². The van der Waals surface area contributed by atoms with Crippen LogP contribution >= 0.6 is 11.3 Å². The summed E-state index contributed by atoms with van der Waals surface area (Å²) in [5.74, 6) is 0. The summed E-state index contributed by atoms with van der Waals surface area (Å²) in [5.41, 5.74) is 7.12. The smallest absolute Gasteiger partial charge is 0.185 e. The molecule has 1 atom stereocenters. The van der Waals surface area contributed by atoms with E-state index in [2.05, 4.69) is 9.88 Å². The zero-order valence-corrected chi connectivity index (χ0v) is 8.90. The number of fused-ring (bicyclic) bond motifs is 1. The van der Waals surface area contributed by atoms with Crippen LogP contribution in [0.5, 0.6) is 0 Å². The molecule has 4 heteroatoms. The molecule has 0 fully saturated rings. The molecule has 0 amide bonds. The SMILES string of the molecule is CN(C)c1nc2c(s1)CCCC2N. The van der Waals surface area contributed by atoms with Crippen molar-refractivity contribution in [2.24, 2.45) is 5.73 Å². The highest BCUT2D eigenvalue weighted by Gasteiger charge is 2.21. The summed E-state index contributed by atoms with van der Waals surface area (Å²) in [6.45, 7) is 0. The van der Waals surface area contributed by atoms with Gasteiger partial charge in [0.1, 0.15) is 0 Å². The van der Waals surface area contributed by atoms with Crippen LogP contribution in [-0.2, 0) is 6.42 Å². The Morgan fingerprint density at radius 2 is 2.31 bits per heavy atom. The lowest BCUT2D eigenvalue weighted by Crippen LogP contribution is -2.17. The second-order valence-electron chi connectivity index (χ2n) is 3.70. The summed E-state index contributed by atoms with van der Waals surface area (Å²) in [6.07, 6.45) is 3.46. The maximum Gasteiger partial charge on any atom is 0.185 e. The van der Waals surface area contributed by atoms with Gasteiger partial charge in [0.05, 0.1) is 5.69 Å². The topological polar surface area (TPSA) is 42.2 Å². The molecule has 0 aliphatic heterocycles. The fourth-order valence-corrected chi connectivity index (χ4v) is 2.72. The van der Waals surface area contributed by atoms with Gasteiger partial charge in [-0.25, -0.2) is 4.98 Å². The van der Waals surface area contributed by atoms with Gasteiger partial charge in [0.15, 0.2) is 5.13 Å². The van der Waals surface area contributed by atoms with Crippen molar-refractivity contribution in [3.63, 3.8) is 0 Å². The maximum absolute atomic E-state index is 5.99. The molecule has 1 aromatic rings. The monoisotopic (exact) mass is 197 g/mol. The fraction of sp³-hybridized carbons (Fsp3) is 0.667. The Kier molecular flexibility index (Phi) is 2.26. The molecule has 1 aliphatic rings. The largest absolute Gasteiger partial charge is 0.354 e. The third-order valence-electron chi connectivity index (χ3n) is 2.37. The van der Waals surface area contributed by atoms with E-state index in [-0.39, 0.29) is 6.04 Å². The Morgan fingerprint density at radius 3 is 2.92 bits per heavy atom. The van der Waals surface area contributed by atoms with Gasteiger partial charge in [-0.05, 0) is 19.3 Å². The van der Waals surface area contributed by atoms with E-state index in [0.29, 0.717) is 0 Å². The Bertz CT molecular complexity index is 306. The summed E-state index contributed by atoms with van der Waals surface area (Å²) < 4.78 is 0. The Hall–Kier alpha value is -0.610. The lowest BCUT2D eigenvalue weighted by atomic mass is 9.99. The lowest BCUT2D eigenvalue weighted by molar-refractivity contribution is 0.563. The molecular formula is C9H15N3S. The van der Waals surface area contributed by atoms with E-state index in [1.807, 2.05) is 14.1 Å². The van der Waals surface area contributed by atoms with Crippen molar-refractivity contribution in [3.8, 4) is 0 Å². The molecule has 0 spiro atoms. The van der Waals surface area contributed by atoms with Crippen LogP contribution in [0.15, 0.2) is 0 Å². The van der Waals surface area contributed by atoms with Crippen molar-refractivity contribution in [2.75, 3.05) is 19.0 Å². The van der Waals surface area contributed by atoms with Crippen LogP contribution in [0.3, 0.4) is 0 Å². The average Bonchev–Trinajstić information content (AvgIpc) is 2.49. The minimum absolute atomic E-state index is 0.175. The first kappa shape index (κ1) is 8.97. The quantitative estimate of drug-likeness (QED) is 0.742. The molecule has 0 saturated carbocycles. The number of rotatable bonds is 1. The highest BCUT2D eigenvalue weighted by molar-refractivity contribution is 7.15.